The second kappa shape index (κ2) is 6.56. The number of carboxylic acid groups (broad SMARTS) is 2. The molecule has 0 heterocycles. The van der Waals surface area contributed by atoms with E-state index in [9.17, 15) is 9.59 Å². The lowest BCUT2D eigenvalue weighted by atomic mass is 9.98. The zero-order valence-electron chi connectivity index (χ0n) is 7.49. The van der Waals surface area contributed by atoms with Crippen molar-refractivity contribution in [1.29, 1.82) is 0 Å². The van der Waals surface area contributed by atoms with Gasteiger partial charge in [0.1, 0.15) is 0 Å². The number of terminal acetylenes is 1. The van der Waals surface area contributed by atoms with Crippen LogP contribution >= 0.6 is 0 Å². The molecule has 14 heavy (non-hydrogen) atoms. The molecule has 4 heteroatoms. The van der Waals surface area contributed by atoms with Crippen LogP contribution in [0, 0.1) is 30.1 Å². The molecule has 2 N–H and O–H groups in total. The quantitative estimate of drug-likeness (QED) is 0.628. The lowest BCUT2D eigenvalue weighted by molar-refractivity contribution is -0.140. The minimum Gasteiger partial charge on any atom is -0.481 e. The van der Waals surface area contributed by atoms with Gasteiger partial charge < -0.3 is 10.2 Å². The van der Waals surface area contributed by atoms with Gasteiger partial charge in [-0.05, 0) is 17.8 Å². The molecule has 0 saturated heterocycles. The highest BCUT2D eigenvalue weighted by Crippen LogP contribution is 2.12. The fourth-order valence-corrected chi connectivity index (χ4v) is 0.957. The van der Waals surface area contributed by atoms with Crippen molar-refractivity contribution in [2.75, 3.05) is 0 Å². The number of carboxylic acids is 2. The average Bonchev–Trinajstić information content (AvgIpc) is 2.02. The standard InChI is InChI=1S/C10H10O4/c1-2-3-4-5-8(6-9(11)12)7-10(13)14/h1,8H,5-7H2,(H,11,12)(H,13,14). The number of carbonyl (C=O) groups is 2. The Morgan fingerprint density at radius 3 is 2.07 bits per heavy atom. The number of rotatable bonds is 5. The van der Waals surface area contributed by atoms with Gasteiger partial charge in [-0.15, -0.1) is 6.42 Å². The van der Waals surface area contributed by atoms with Gasteiger partial charge in [-0.25, -0.2) is 0 Å². The number of aliphatic carboxylic acids is 2. The first-order valence-electron chi connectivity index (χ1n) is 3.93. The lowest BCUT2D eigenvalue weighted by Gasteiger charge is -2.07. The van der Waals surface area contributed by atoms with E-state index in [1.165, 1.54) is 0 Å². The summed E-state index contributed by atoms with van der Waals surface area (Å²) in [6, 6.07) is 0. The van der Waals surface area contributed by atoms with E-state index in [-0.39, 0.29) is 19.3 Å². The molecule has 0 atom stereocenters. The zero-order valence-corrected chi connectivity index (χ0v) is 7.49. The molecule has 0 amide bonds. The van der Waals surface area contributed by atoms with Crippen molar-refractivity contribution in [3.63, 3.8) is 0 Å². The van der Waals surface area contributed by atoms with Crippen LogP contribution in [0.15, 0.2) is 0 Å². The third-order valence-electron chi connectivity index (χ3n) is 1.48. The summed E-state index contributed by atoms with van der Waals surface area (Å²) in [5.41, 5.74) is 0. The smallest absolute Gasteiger partial charge is 0.303 e. The molecule has 0 bridgehead atoms. The SMILES string of the molecule is C#CC#CCC(CC(=O)O)CC(=O)O. The molecular formula is C10H10O4. The van der Waals surface area contributed by atoms with Crippen molar-refractivity contribution in [3.8, 4) is 24.2 Å². The summed E-state index contributed by atoms with van der Waals surface area (Å²) in [6.07, 6.45) is 4.65. The first-order chi connectivity index (χ1) is 6.56. The Balaban J connectivity index is 4.18. The maximum atomic E-state index is 10.3. The molecule has 0 radical (unpaired) electrons. The second-order valence-corrected chi connectivity index (χ2v) is 2.71. The molecule has 0 rings (SSSR count). The van der Waals surface area contributed by atoms with Crippen LogP contribution in [0.2, 0.25) is 0 Å². The highest BCUT2D eigenvalue weighted by atomic mass is 16.4. The Labute approximate surface area is 81.9 Å². The minimum absolute atomic E-state index is 0.197. The van der Waals surface area contributed by atoms with E-state index in [1.807, 2.05) is 0 Å². The van der Waals surface area contributed by atoms with E-state index in [0.29, 0.717) is 0 Å². The third kappa shape index (κ3) is 6.75. The van der Waals surface area contributed by atoms with Gasteiger partial charge >= 0.3 is 11.9 Å². The normalized spacial score (nSPS) is 8.57. The molecule has 4 nitrogen and oxygen atoms in total. The van der Waals surface area contributed by atoms with Crippen molar-refractivity contribution in [2.24, 2.45) is 5.92 Å². The maximum absolute atomic E-state index is 10.3. The Morgan fingerprint density at radius 1 is 1.21 bits per heavy atom. The van der Waals surface area contributed by atoms with Gasteiger partial charge in [0.25, 0.3) is 0 Å². The van der Waals surface area contributed by atoms with Crippen molar-refractivity contribution in [2.45, 2.75) is 19.3 Å². The van der Waals surface area contributed by atoms with Gasteiger partial charge in [-0.1, -0.05) is 5.92 Å². The third-order valence-corrected chi connectivity index (χ3v) is 1.48. The average molecular weight is 194 g/mol. The minimum atomic E-state index is -1.03. The summed E-state index contributed by atoms with van der Waals surface area (Å²) < 4.78 is 0. The number of hydrogen-bond donors (Lipinski definition) is 2. The highest BCUT2D eigenvalue weighted by molar-refractivity contribution is 5.70. The van der Waals surface area contributed by atoms with Crippen LogP contribution in [0.5, 0.6) is 0 Å². The molecule has 0 saturated carbocycles. The molecule has 0 aromatic heterocycles. The Bertz CT molecular complexity index is 297. The molecule has 0 aliphatic heterocycles. The summed E-state index contributed by atoms with van der Waals surface area (Å²) >= 11 is 0. The van der Waals surface area contributed by atoms with Gasteiger partial charge in [0.15, 0.2) is 0 Å². The molecule has 0 aromatic carbocycles. The molecule has 0 aliphatic carbocycles. The molecule has 0 fully saturated rings. The molecule has 74 valence electrons. The van der Waals surface area contributed by atoms with E-state index < -0.39 is 17.9 Å². The Kier molecular flexibility index (Phi) is 5.65. The van der Waals surface area contributed by atoms with E-state index in [4.69, 9.17) is 16.6 Å². The highest BCUT2D eigenvalue weighted by Gasteiger charge is 2.15. The van der Waals surface area contributed by atoms with Crippen LogP contribution in [0.25, 0.3) is 0 Å². The van der Waals surface area contributed by atoms with Crippen LogP contribution in [0.1, 0.15) is 19.3 Å². The van der Waals surface area contributed by atoms with E-state index in [2.05, 4.69) is 17.8 Å². The van der Waals surface area contributed by atoms with Gasteiger partial charge in [-0.3, -0.25) is 9.59 Å². The first-order valence-corrected chi connectivity index (χ1v) is 3.93. The van der Waals surface area contributed by atoms with Gasteiger partial charge in [0.2, 0.25) is 0 Å². The zero-order chi connectivity index (χ0) is 11.0. The molecular weight excluding hydrogens is 184 g/mol. The topological polar surface area (TPSA) is 74.6 Å². The Morgan fingerprint density at radius 2 is 1.71 bits per heavy atom. The molecule has 0 unspecified atom stereocenters. The van der Waals surface area contributed by atoms with Gasteiger partial charge in [0, 0.05) is 19.3 Å². The van der Waals surface area contributed by atoms with Crippen LogP contribution in [-0.4, -0.2) is 22.2 Å². The fourth-order valence-electron chi connectivity index (χ4n) is 0.957. The lowest BCUT2D eigenvalue weighted by Crippen LogP contribution is -2.12. The molecule has 0 aromatic rings. The largest absolute Gasteiger partial charge is 0.481 e. The fraction of sp³-hybridized carbons (Fsp3) is 0.400. The van der Waals surface area contributed by atoms with Gasteiger partial charge in [-0.2, -0.15) is 0 Å². The van der Waals surface area contributed by atoms with Crippen LogP contribution < -0.4 is 0 Å². The summed E-state index contributed by atoms with van der Waals surface area (Å²) in [5.74, 6) is 4.39. The van der Waals surface area contributed by atoms with Crippen molar-refractivity contribution < 1.29 is 19.8 Å². The predicted molar refractivity (Wildman–Crippen MR) is 49.2 cm³/mol. The van der Waals surface area contributed by atoms with Crippen LogP contribution in [0.3, 0.4) is 0 Å². The molecule has 0 spiro atoms. The van der Waals surface area contributed by atoms with Crippen LogP contribution in [-0.2, 0) is 9.59 Å². The second-order valence-electron chi connectivity index (χ2n) is 2.71. The predicted octanol–water partition coefficient (Wildman–Crippen LogP) is 0.579. The van der Waals surface area contributed by atoms with E-state index in [1.54, 1.807) is 0 Å². The monoisotopic (exact) mass is 194 g/mol. The molecule has 0 aliphatic rings. The van der Waals surface area contributed by atoms with E-state index >= 15 is 0 Å². The number of hydrogen-bond acceptors (Lipinski definition) is 2. The van der Waals surface area contributed by atoms with Crippen molar-refractivity contribution in [1.82, 2.24) is 0 Å². The Hall–Kier alpha value is -1.94. The van der Waals surface area contributed by atoms with E-state index in [0.717, 1.165) is 0 Å². The van der Waals surface area contributed by atoms with Crippen LogP contribution in [0.4, 0.5) is 0 Å². The summed E-state index contributed by atoms with van der Waals surface area (Å²) in [5, 5.41) is 16.9. The van der Waals surface area contributed by atoms with Crippen molar-refractivity contribution in [3.05, 3.63) is 0 Å². The summed E-state index contributed by atoms with van der Waals surface area (Å²) in [7, 11) is 0. The first kappa shape index (κ1) is 12.1. The van der Waals surface area contributed by atoms with Crippen molar-refractivity contribution >= 4 is 11.9 Å². The summed E-state index contributed by atoms with van der Waals surface area (Å²) in [4.78, 5) is 20.7. The maximum Gasteiger partial charge on any atom is 0.303 e. The van der Waals surface area contributed by atoms with Gasteiger partial charge in [0.05, 0.1) is 0 Å². The summed E-state index contributed by atoms with van der Waals surface area (Å²) in [6.45, 7) is 0.